The number of rotatable bonds is 4. The number of aliphatic imine (C=N–C) groups is 1. The summed E-state index contributed by atoms with van der Waals surface area (Å²) in [6, 6.07) is 18.9. The number of thiophene rings is 1. The van der Waals surface area contributed by atoms with Crippen LogP contribution >= 0.6 is 22.9 Å². The van der Waals surface area contributed by atoms with Crippen LogP contribution in [-0.2, 0) is 4.79 Å². The van der Waals surface area contributed by atoms with Crippen molar-refractivity contribution in [2.75, 3.05) is 5.32 Å². The number of amides is 1. The van der Waals surface area contributed by atoms with Gasteiger partial charge in [0, 0.05) is 28.0 Å². The summed E-state index contributed by atoms with van der Waals surface area (Å²) in [5, 5.41) is 22.8. The molecule has 8 nitrogen and oxygen atoms in total. The first-order chi connectivity index (χ1) is 19.9. The molecule has 1 amide bonds. The molecule has 2 N–H and O–H groups in total. The monoisotopic (exact) mass is 578 g/mol. The number of phenolic OH excluding ortho intramolecular Hbond substituents is 1. The summed E-state index contributed by atoms with van der Waals surface area (Å²) in [6.45, 7) is 3.91. The van der Waals surface area contributed by atoms with E-state index in [0.29, 0.717) is 28.1 Å². The van der Waals surface area contributed by atoms with E-state index < -0.39 is 6.04 Å². The Balaban J connectivity index is 1.47. The van der Waals surface area contributed by atoms with Crippen LogP contribution in [0.3, 0.4) is 0 Å². The van der Waals surface area contributed by atoms with Crippen molar-refractivity contribution >= 4 is 40.2 Å². The first-order valence-electron chi connectivity index (χ1n) is 12.8. The molecule has 0 aliphatic carbocycles. The molecule has 5 aromatic rings. The fraction of sp³-hybridized carbons (Fsp3) is 0.129. The van der Waals surface area contributed by atoms with Crippen molar-refractivity contribution in [3.8, 4) is 22.6 Å². The molecule has 1 aliphatic heterocycles. The van der Waals surface area contributed by atoms with E-state index in [0.717, 1.165) is 32.3 Å². The Labute approximate surface area is 245 Å². The minimum atomic E-state index is -0.610. The largest absolute Gasteiger partial charge is 0.508 e. The summed E-state index contributed by atoms with van der Waals surface area (Å²) >= 11 is 7.76. The van der Waals surface area contributed by atoms with Crippen molar-refractivity contribution in [1.29, 1.82) is 0 Å². The molecule has 2 aromatic carbocycles. The molecule has 0 fully saturated rings. The van der Waals surface area contributed by atoms with E-state index in [2.05, 4.69) is 32.3 Å². The number of nitrogens with one attached hydrogen (secondary N) is 1. The van der Waals surface area contributed by atoms with Crippen molar-refractivity contribution in [2.45, 2.75) is 26.3 Å². The maximum Gasteiger partial charge on any atom is 0.227 e. The van der Waals surface area contributed by atoms with Gasteiger partial charge in [0.1, 0.15) is 28.3 Å². The Morgan fingerprint density at radius 1 is 1.05 bits per heavy atom. The molecule has 3 aromatic heterocycles. The van der Waals surface area contributed by atoms with Crippen LogP contribution in [0.5, 0.6) is 5.75 Å². The van der Waals surface area contributed by atoms with Gasteiger partial charge >= 0.3 is 0 Å². The summed E-state index contributed by atoms with van der Waals surface area (Å²) in [5.41, 5.74) is 4.73. The quantitative estimate of drug-likeness (QED) is 0.200. The molecule has 41 heavy (non-hydrogen) atoms. The Morgan fingerprint density at radius 3 is 2.56 bits per heavy atom. The number of nitrogens with zero attached hydrogens (tertiary/aromatic N) is 5. The van der Waals surface area contributed by atoms with Crippen LogP contribution in [0.2, 0.25) is 5.02 Å². The van der Waals surface area contributed by atoms with E-state index in [1.54, 1.807) is 18.3 Å². The highest BCUT2D eigenvalue weighted by molar-refractivity contribution is 7.15. The second-order valence-corrected chi connectivity index (χ2v) is 10.9. The first-order valence-corrected chi connectivity index (χ1v) is 14.0. The number of halogens is 1. The zero-order valence-corrected chi connectivity index (χ0v) is 23.7. The first kappa shape index (κ1) is 26.4. The highest BCUT2D eigenvalue weighted by atomic mass is 35.5. The van der Waals surface area contributed by atoms with Crippen molar-refractivity contribution in [1.82, 2.24) is 19.7 Å². The Bertz CT molecular complexity index is 1850. The number of anilines is 1. The molecule has 10 heteroatoms. The van der Waals surface area contributed by atoms with Gasteiger partial charge < -0.3 is 10.4 Å². The molecule has 1 atom stereocenters. The highest BCUT2D eigenvalue weighted by Gasteiger charge is 2.32. The summed E-state index contributed by atoms with van der Waals surface area (Å²) in [4.78, 5) is 23.6. The van der Waals surface area contributed by atoms with Gasteiger partial charge in [-0.1, -0.05) is 29.8 Å². The summed E-state index contributed by atoms with van der Waals surface area (Å²) < 4.78 is 1.98. The molecule has 0 unspecified atom stereocenters. The van der Waals surface area contributed by atoms with E-state index >= 15 is 0 Å². The standard InChI is InChI=1S/C31H23ClN6O2S/c1-18-26(15-12-22-5-3-4-16-33-22)41-31-28(18)29(20-6-8-21(32)9-7-20)35-25(30-37-36-19(2)38(30)31)17-27(40)34-23-10-13-24(39)14-11-23/h3-11,13-14,16,25,39H,17H2,1-2H3,(H,34,40)/t25-/m0/s1. The van der Waals surface area contributed by atoms with Crippen LogP contribution in [0.25, 0.3) is 5.00 Å². The predicted octanol–water partition coefficient (Wildman–Crippen LogP) is 6.02. The SMILES string of the molecule is Cc1c(C#Cc2ccccn2)sc2c1C(c1ccc(Cl)cc1)=N[C@@H](CC(=O)Nc1ccc(O)cc1)c1nnc(C)n1-2. The number of fused-ring (bicyclic) bond motifs is 3. The molecule has 0 spiro atoms. The van der Waals surface area contributed by atoms with Crippen LogP contribution in [0, 0.1) is 25.7 Å². The van der Waals surface area contributed by atoms with Crippen LogP contribution in [0.15, 0.2) is 77.9 Å². The van der Waals surface area contributed by atoms with Gasteiger partial charge in [-0.05, 0) is 79.8 Å². The number of pyridine rings is 1. The Morgan fingerprint density at radius 2 is 1.83 bits per heavy atom. The molecular formula is C31H23ClN6O2S. The number of aromatic hydroxyl groups is 1. The van der Waals surface area contributed by atoms with Gasteiger partial charge in [-0.25, -0.2) is 4.98 Å². The Hall–Kier alpha value is -4.78. The van der Waals surface area contributed by atoms with E-state index in [9.17, 15) is 9.90 Å². The van der Waals surface area contributed by atoms with Crippen molar-refractivity contribution in [2.24, 2.45) is 4.99 Å². The fourth-order valence-corrected chi connectivity index (χ4v) is 5.98. The van der Waals surface area contributed by atoms with Crippen molar-refractivity contribution in [3.63, 3.8) is 0 Å². The van der Waals surface area contributed by atoms with E-state index in [1.165, 1.54) is 23.5 Å². The minimum absolute atomic E-state index is 0.0381. The lowest BCUT2D eigenvalue weighted by Gasteiger charge is -2.13. The number of aryl methyl sites for hydroxylation is 1. The van der Waals surface area contributed by atoms with Crippen LogP contribution in [0.4, 0.5) is 5.69 Å². The van der Waals surface area contributed by atoms with E-state index in [4.69, 9.17) is 16.6 Å². The highest BCUT2D eigenvalue weighted by Crippen LogP contribution is 2.40. The zero-order valence-electron chi connectivity index (χ0n) is 22.1. The smallest absolute Gasteiger partial charge is 0.227 e. The van der Waals surface area contributed by atoms with Gasteiger partial charge in [0.15, 0.2) is 5.82 Å². The average molecular weight is 579 g/mol. The third-order valence-electron chi connectivity index (χ3n) is 6.62. The van der Waals surface area contributed by atoms with Gasteiger partial charge in [-0.3, -0.25) is 14.4 Å². The Kier molecular flexibility index (Phi) is 7.10. The summed E-state index contributed by atoms with van der Waals surface area (Å²) in [7, 11) is 0. The number of phenols is 1. The molecule has 0 bridgehead atoms. The summed E-state index contributed by atoms with van der Waals surface area (Å²) in [6.07, 6.45) is 1.76. The minimum Gasteiger partial charge on any atom is -0.508 e. The van der Waals surface area contributed by atoms with Crippen LogP contribution in [0.1, 0.15) is 51.4 Å². The maximum atomic E-state index is 13.2. The normalized spacial score (nSPS) is 13.7. The molecule has 6 rings (SSSR count). The van der Waals surface area contributed by atoms with Crippen LogP contribution < -0.4 is 5.32 Å². The molecule has 0 radical (unpaired) electrons. The van der Waals surface area contributed by atoms with Gasteiger partial charge in [-0.15, -0.1) is 21.5 Å². The maximum absolute atomic E-state index is 13.2. The number of benzene rings is 2. The second kappa shape index (κ2) is 11.0. The zero-order chi connectivity index (χ0) is 28.5. The lowest BCUT2D eigenvalue weighted by Crippen LogP contribution is -2.17. The van der Waals surface area contributed by atoms with E-state index in [-0.39, 0.29) is 18.1 Å². The predicted molar refractivity (Wildman–Crippen MR) is 160 cm³/mol. The number of aromatic nitrogens is 4. The lowest BCUT2D eigenvalue weighted by atomic mass is 9.99. The van der Waals surface area contributed by atoms with Gasteiger partial charge in [-0.2, -0.15) is 0 Å². The van der Waals surface area contributed by atoms with Gasteiger partial charge in [0.05, 0.1) is 17.0 Å². The average Bonchev–Trinajstić information content (AvgIpc) is 3.47. The third kappa shape index (κ3) is 5.35. The van der Waals surface area contributed by atoms with Gasteiger partial charge in [0.25, 0.3) is 0 Å². The molecule has 1 aliphatic rings. The van der Waals surface area contributed by atoms with Crippen molar-refractivity contribution in [3.05, 3.63) is 117 Å². The second-order valence-electron chi connectivity index (χ2n) is 9.44. The van der Waals surface area contributed by atoms with E-state index in [1.807, 2.05) is 60.9 Å². The topological polar surface area (TPSA) is 105 Å². The van der Waals surface area contributed by atoms with Gasteiger partial charge in [0.2, 0.25) is 5.91 Å². The molecule has 4 heterocycles. The van der Waals surface area contributed by atoms with Crippen LogP contribution in [-0.4, -0.2) is 36.5 Å². The van der Waals surface area contributed by atoms with Crippen molar-refractivity contribution < 1.29 is 9.90 Å². The number of hydrogen-bond acceptors (Lipinski definition) is 7. The number of hydrogen-bond donors (Lipinski definition) is 2. The number of carbonyl (C=O) groups is 1. The number of carbonyl (C=O) groups excluding carboxylic acids is 1. The fourth-order valence-electron chi connectivity index (χ4n) is 4.63. The third-order valence-corrected chi connectivity index (χ3v) is 8.06. The molecule has 0 saturated carbocycles. The lowest BCUT2D eigenvalue weighted by molar-refractivity contribution is -0.116. The summed E-state index contributed by atoms with van der Waals surface area (Å²) in [5.74, 6) is 7.60. The molecule has 0 saturated heterocycles. The molecule has 202 valence electrons. The molecular weight excluding hydrogens is 556 g/mol.